The molecule has 1 atom stereocenters. The molecule has 3 rings (SSSR count). The number of phenols is 1. The maximum Gasteiger partial charge on any atom is 0.437 e. The molecule has 0 saturated carbocycles. The largest absolute Gasteiger partial charge is 0.507 e. The van der Waals surface area contributed by atoms with E-state index in [0.717, 1.165) is 11.1 Å². The first kappa shape index (κ1) is 22.6. The smallest absolute Gasteiger partial charge is 0.437 e. The number of hydrogen-bond acceptors (Lipinski definition) is 4. The zero-order valence-corrected chi connectivity index (χ0v) is 18.9. The van der Waals surface area contributed by atoms with Gasteiger partial charge in [-0.3, -0.25) is 9.69 Å². The number of carbonyl (C=O) groups excluding carboxylic acids is 2. The Hall–Kier alpha value is -3.06. The fourth-order valence-electron chi connectivity index (χ4n) is 3.33. The van der Waals surface area contributed by atoms with Crippen molar-refractivity contribution in [3.05, 3.63) is 53.1 Å². The van der Waals surface area contributed by atoms with Gasteiger partial charge in [-0.2, -0.15) is 0 Å². The summed E-state index contributed by atoms with van der Waals surface area (Å²) in [5.41, 5.74) is 0.601. The van der Waals surface area contributed by atoms with Gasteiger partial charge in [-0.1, -0.05) is 29.8 Å². The van der Waals surface area contributed by atoms with E-state index in [1.54, 1.807) is 40.0 Å². The van der Waals surface area contributed by atoms with Crippen LogP contribution in [0.1, 0.15) is 39.7 Å². The molecule has 1 fully saturated rings. The second-order valence-electron chi connectivity index (χ2n) is 8.74. The lowest BCUT2D eigenvalue weighted by Crippen LogP contribution is -2.58. The van der Waals surface area contributed by atoms with Crippen LogP contribution < -0.4 is 5.32 Å². The van der Waals surface area contributed by atoms with Crippen LogP contribution >= 0.6 is 11.6 Å². The minimum absolute atomic E-state index is 0.103. The van der Waals surface area contributed by atoms with Crippen LogP contribution in [0.15, 0.2) is 47.5 Å². The molecule has 1 saturated heterocycles. The van der Waals surface area contributed by atoms with Crippen LogP contribution in [0.25, 0.3) is 11.1 Å². The van der Waals surface area contributed by atoms with E-state index in [0.29, 0.717) is 10.6 Å². The number of guanidine groups is 1. The highest BCUT2D eigenvalue weighted by Gasteiger charge is 2.39. The molecular formula is C23H26ClN3O4. The summed E-state index contributed by atoms with van der Waals surface area (Å²) in [5, 5.41) is 14.0. The summed E-state index contributed by atoms with van der Waals surface area (Å²) in [5.74, 6) is 0.0230. The Morgan fingerprint density at radius 1 is 1.26 bits per heavy atom. The zero-order chi connectivity index (χ0) is 23.0. The molecule has 0 aromatic heterocycles. The lowest BCUT2D eigenvalue weighted by Gasteiger charge is -2.40. The number of nitrogens with zero attached hydrogens (tertiary/aromatic N) is 2. The number of hydrogen-bond donors (Lipinski definition) is 2. The summed E-state index contributed by atoms with van der Waals surface area (Å²) in [6, 6.07) is 12.3. The van der Waals surface area contributed by atoms with Gasteiger partial charge in [0.05, 0.1) is 12.0 Å². The van der Waals surface area contributed by atoms with E-state index in [9.17, 15) is 14.7 Å². The lowest BCUT2D eigenvalue weighted by atomic mass is 9.85. The van der Waals surface area contributed by atoms with Crippen molar-refractivity contribution in [2.45, 2.75) is 45.3 Å². The quantitative estimate of drug-likeness (QED) is 0.703. The van der Waals surface area contributed by atoms with Gasteiger partial charge < -0.3 is 15.2 Å². The average Bonchev–Trinajstić information content (AvgIpc) is 2.66. The number of carbonyl (C=O) groups is 2. The van der Waals surface area contributed by atoms with Crippen LogP contribution in [-0.4, -0.2) is 40.6 Å². The van der Waals surface area contributed by atoms with Gasteiger partial charge in [0.15, 0.2) is 0 Å². The van der Waals surface area contributed by atoms with Gasteiger partial charge >= 0.3 is 6.09 Å². The Morgan fingerprint density at radius 3 is 2.65 bits per heavy atom. The molecule has 0 spiro atoms. The number of aliphatic imine (C=N–C) groups is 1. The average molecular weight is 444 g/mol. The van der Waals surface area contributed by atoms with Crippen molar-refractivity contribution < 1.29 is 19.4 Å². The van der Waals surface area contributed by atoms with E-state index < -0.39 is 17.2 Å². The number of halogens is 1. The highest BCUT2D eigenvalue weighted by molar-refractivity contribution is 6.31. The first-order chi connectivity index (χ1) is 14.4. The predicted molar refractivity (Wildman–Crippen MR) is 120 cm³/mol. The van der Waals surface area contributed by atoms with Crippen molar-refractivity contribution >= 4 is 29.6 Å². The van der Waals surface area contributed by atoms with E-state index in [4.69, 9.17) is 16.3 Å². The molecule has 2 aromatic rings. The van der Waals surface area contributed by atoms with E-state index in [1.807, 2.05) is 31.2 Å². The third-order valence-corrected chi connectivity index (χ3v) is 5.18. The normalized spacial score (nSPS) is 20.5. The summed E-state index contributed by atoms with van der Waals surface area (Å²) in [7, 11) is 1.55. The molecule has 0 aliphatic carbocycles. The molecule has 2 amide bonds. The van der Waals surface area contributed by atoms with Gasteiger partial charge in [-0.15, -0.1) is 4.99 Å². The van der Waals surface area contributed by atoms with Crippen molar-refractivity contribution in [1.29, 1.82) is 0 Å². The summed E-state index contributed by atoms with van der Waals surface area (Å²) < 4.78 is 5.25. The van der Waals surface area contributed by atoms with Crippen LogP contribution in [0.3, 0.4) is 0 Å². The minimum atomic E-state index is -0.825. The maximum absolute atomic E-state index is 12.7. The van der Waals surface area contributed by atoms with Gasteiger partial charge in [0, 0.05) is 17.6 Å². The van der Waals surface area contributed by atoms with Crippen molar-refractivity contribution in [1.82, 2.24) is 10.2 Å². The van der Waals surface area contributed by atoms with E-state index in [-0.39, 0.29) is 24.0 Å². The van der Waals surface area contributed by atoms with Gasteiger partial charge in [0.1, 0.15) is 11.4 Å². The second-order valence-corrected chi connectivity index (χ2v) is 9.18. The summed E-state index contributed by atoms with van der Waals surface area (Å²) in [4.78, 5) is 30.2. The fraction of sp³-hybridized carbons (Fsp3) is 0.348. The van der Waals surface area contributed by atoms with Crippen LogP contribution in [-0.2, 0) is 15.1 Å². The van der Waals surface area contributed by atoms with E-state index in [1.165, 1.54) is 11.0 Å². The molecule has 0 unspecified atom stereocenters. The van der Waals surface area contributed by atoms with Gasteiger partial charge in [0.2, 0.25) is 11.9 Å². The third kappa shape index (κ3) is 5.17. The van der Waals surface area contributed by atoms with E-state index >= 15 is 0 Å². The predicted octanol–water partition coefficient (Wildman–Crippen LogP) is 4.67. The Balaban J connectivity index is 1.97. The topological polar surface area (TPSA) is 91.2 Å². The molecule has 164 valence electrons. The maximum atomic E-state index is 12.7. The molecule has 1 aliphatic heterocycles. The number of amides is 2. The SMILES string of the molecule is CN1C(=O)C[C@@](C)(c2cccc(-c3cc(Cl)ccc3O)c2)NC1=NC(=O)OC(C)(C)C. The van der Waals surface area contributed by atoms with Crippen molar-refractivity contribution in [2.24, 2.45) is 4.99 Å². The van der Waals surface area contributed by atoms with Crippen LogP contribution in [0.4, 0.5) is 4.79 Å². The van der Waals surface area contributed by atoms with Gasteiger partial charge in [-0.05, 0) is 63.1 Å². The number of rotatable bonds is 2. The van der Waals surface area contributed by atoms with Gasteiger partial charge in [-0.25, -0.2) is 4.79 Å². The van der Waals surface area contributed by atoms with Crippen molar-refractivity contribution in [2.75, 3.05) is 7.05 Å². The van der Waals surface area contributed by atoms with E-state index in [2.05, 4.69) is 10.3 Å². The third-order valence-electron chi connectivity index (χ3n) is 4.94. The highest BCUT2D eigenvalue weighted by atomic mass is 35.5. The zero-order valence-electron chi connectivity index (χ0n) is 18.2. The Morgan fingerprint density at radius 2 is 1.97 bits per heavy atom. The minimum Gasteiger partial charge on any atom is -0.507 e. The molecule has 7 nitrogen and oxygen atoms in total. The first-order valence-corrected chi connectivity index (χ1v) is 10.2. The molecule has 1 aliphatic rings. The number of nitrogens with one attached hydrogen (secondary N) is 1. The molecule has 0 bridgehead atoms. The van der Waals surface area contributed by atoms with Gasteiger partial charge in [0.25, 0.3) is 0 Å². The van der Waals surface area contributed by atoms with Crippen LogP contribution in [0, 0.1) is 0 Å². The molecule has 2 N–H and O–H groups in total. The Bertz CT molecular complexity index is 1060. The van der Waals surface area contributed by atoms with Crippen molar-refractivity contribution in [3.8, 4) is 16.9 Å². The fourth-order valence-corrected chi connectivity index (χ4v) is 3.50. The van der Waals surface area contributed by atoms with Crippen LogP contribution in [0.5, 0.6) is 5.75 Å². The summed E-state index contributed by atoms with van der Waals surface area (Å²) >= 11 is 6.10. The van der Waals surface area contributed by atoms with Crippen LogP contribution in [0.2, 0.25) is 5.02 Å². The highest BCUT2D eigenvalue weighted by Crippen LogP contribution is 2.35. The summed E-state index contributed by atoms with van der Waals surface area (Å²) in [6.45, 7) is 7.10. The Labute approximate surface area is 186 Å². The number of aromatic hydroxyl groups is 1. The second kappa shape index (κ2) is 8.23. The molecule has 8 heteroatoms. The molecule has 31 heavy (non-hydrogen) atoms. The number of ether oxygens (including phenoxy) is 1. The monoisotopic (exact) mass is 443 g/mol. The number of phenolic OH excluding ortho intramolecular Hbond substituents is 1. The standard InChI is InChI=1S/C23H26ClN3O4/c1-22(2,3)31-21(30)25-20-26-23(4,13-19(29)27(20)5)15-8-6-7-14(11-15)17-12-16(24)9-10-18(17)28/h6-12,28H,13H2,1-5H3,(H,25,26,30)/t23-/m0/s1. The Kier molecular flexibility index (Phi) is 6.00. The molecule has 0 radical (unpaired) electrons. The lowest BCUT2D eigenvalue weighted by molar-refractivity contribution is -0.129. The molecule has 1 heterocycles. The number of benzene rings is 2. The molecular weight excluding hydrogens is 418 g/mol. The summed E-state index contributed by atoms with van der Waals surface area (Å²) in [6.07, 6.45) is -0.626. The van der Waals surface area contributed by atoms with Crippen molar-refractivity contribution in [3.63, 3.8) is 0 Å². The first-order valence-electron chi connectivity index (χ1n) is 9.84. The molecule has 2 aromatic carbocycles.